The summed E-state index contributed by atoms with van der Waals surface area (Å²) in [6, 6.07) is 10.6. The Morgan fingerprint density at radius 3 is 1.26 bits per heavy atom. The van der Waals surface area contributed by atoms with Crippen LogP contribution in [0.1, 0.15) is 41.5 Å². The van der Waals surface area contributed by atoms with E-state index in [9.17, 15) is 0 Å². The average molecular weight is 355 g/mol. The van der Waals surface area contributed by atoms with Gasteiger partial charge in [-0.3, -0.25) is 0 Å². The summed E-state index contributed by atoms with van der Waals surface area (Å²) in [5.41, 5.74) is 0. The Morgan fingerprint density at radius 2 is 1.04 bits per heavy atom. The van der Waals surface area contributed by atoms with E-state index >= 15 is 4.39 Å². The van der Waals surface area contributed by atoms with E-state index in [0.29, 0.717) is 0 Å². The van der Waals surface area contributed by atoms with Gasteiger partial charge in [0.1, 0.15) is 11.6 Å². The second kappa shape index (κ2) is 8.47. The number of hydrogen-bond donors (Lipinski definition) is 0. The Balaban J connectivity index is 3.72. The van der Waals surface area contributed by atoms with Crippen molar-refractivity contribution in [3.63, 3.8) is 0 Å². The molecule has 1 aromatic rings. The van der Waals surface area contributed by atoms with E-state index in [1.54, 1.807) is 7.11 Å². The van der Waals surface area contributed by atoms with Gasteiger partial charge in [-0.25, -0.2) is 4.39 Å². The Bertz CT molecular complexity index is 451. The van der Waals surface area contributed by atoms with E-state index < -0.39 is 16.1 Å². The van der Waals surface area contributed by atoms with Gasteiger partial charge in [0.05, 0.1) is 23.3 Å². The molecule has 1 rings (SSSR count). The maximum Gasteiger partial charge on any atom is 0.122 e. The molecule has 0 unspecified atom stereocenters. The smallest absolute Gasteiger partial charge is 0.122 e. The van der Waals surface area contributed by atoms with E-state index in [-0.39, 0.29) is 5.82 Å². The molecule has 0 saturated carbocycles. The number of benzene rings is 1. The summed E-state index contributed by atoms with van der Waals surface area (Å²) in [5.74, 6) is 0.982. The molecule has 0 aliphatic rings. The average Bonchev–Trinajstić information content (AvgIpc) is 2.61. The summed E-state index contributed by atoms with van der Waals surface area (Å²) in [7, 11) is -1.82. The molecule has 0 N–H and O–H groups in total. The van der Waals surface area contributed by atoms with Gasteiger partial charge in [0, 0.05) is 0 Å². The monoisotopic (exact) mass is 354 g/mol. The molecule has 1 aromatic carbocycles. The SMILES string of the molecule is CC[Si](CC)(CC)c1cc(OC)cc([Si](CC)(CC)CC)c1F. The highest BCUT2D eigenvalue weighted by atomic mass is 28.3. The minimum absolute atomic E-state index is 0.125. The van der Waals surface area contributed by atoms with E-state index in [2.05, 4.69) is 41.5 Å². The lowest BCUT2D eigenvalue weighted by molar-refractivity contribution is 0.414. The summed E-state index contributed by atoms with van der Waals surface area (Å²) in [6.45, 7) is 13.4. The largest absolute Gasteiger partial charge is 0.497 e. The maximum atomic E-state index is 15.7. The van der Waals surface area contributed by atoms with Crippen LogP contribution < -0.4 is 15.1 Å². The molecule has 0 bridgehead atoms. The molecule has 0 radical (unpaired) electrons. The van der Waals surface area contributed by atoms with Gasteiger partial charge in [0.2, 0.25) is 0 Å². The lowest BCUT2D eigenvalue weighted by Crippen LogP contribution is -2.55. The Hall–Kier alpha value is -0.616. The first-order chi connectivity index (χ1) is 10.9. The molecule has 0 spiro atoms. The van der Waals surface area contributed by atoms with Crippen LogP contribution in [0.15, 0.2) is 12.1 Å². The van der Waals surface area contributed by atoms with Crippen LogP contribution in [0.25, 0.3) is 0 Å². The van der Waals surface area contributed by atoms with Crippen LogP contribution in [-0.2, 0) is 0 Å². The van der Waals surface area contributed by atoms with Crippen molar-refractivity contribution in [2.24, 2.45) is 0 Å². The summed E-state index contributed by atoms with van der Waals surface area (Å²) in [6.07, 6.45) is 0. The molecule has 0 aromatic heterocycles. The van der Waals surface area contributed by atoms with Crippen molar-refractivity contribution in [2.45, 2.75) is 77.8 Å². The zero-order valence-electron chi connectivity index (χ0n) is 16.2. The van der Waals surface area contributed by atoms with Gasteiger partial charge in [-0.05, 0) is 22.5 Å². The minimum Gasteiger partial charge on any atom is -0.497 e. The fourth-order valence-electron chi connectivity index (χ4n) is 4.13. The first-order valence-corrected chi connectivity index (χ1v) is 14.6. The van der Waals surface area contributed by atoms with Crippen LogP contribution >= 0.6 is 0 Å². The molecular formula is C19H35FOSi2. The van der Waals surface area contributed by atoms with Gasteiger partial charge in [0.25, 0.3) is 0 Å². The topological polar surface area (TPSA) is 9.23 Å². The van der Waals surface area contributed by atoms with Crippen LogP contribution in [0.4, 0.5) is 4.39 Å². The first kappa shape index (κ1) is 20.4. The van der Waals surface area contributed by atoms with Crippen LogP contribution in [-0.4, -0.2) is 23.3 Å². The maximum absolute atomic E-state index is 15.7. The van der Waals surface area contributed by atoms with Crippen LogP contribution in [0.5, 0.6) is 5.75 Å². The van der Waals surface area contributed by atoms with E-state index in [1.165, 1.54) is 0 Å². The third kappa shape index (κ3) is 3.58. The number of hydrogen-bond acceptors (Lipinski definition) is 1. The Labute approximate surface area is 144 Å². The molecule has 0 atom stereocenters. The first-order valence-electron chi connectivity index (χ1n) is 9.32. The number of ether oxygens (including phenoxy) is 1. The van der Waals surface area contributed by atoms with Crippen LogP contribution in [0.2, 0.25) is 36.3 Å². The molecule has 0 saturated heterocycles. The fourth-order valence-corrected chi connectivity index (χ4v) is 11.6. The number of methoxy groups -OCH3 is 1. The van der Waals surface area contributed by atoms with Crippen molar-refractivity contribution in [2.75, 3.05) is 7.11 Å². The van der Waals surface area contributed by atoms with Gasteiger partial charge in [-0.15, -0.1) is 0 Å². The lowest BCUT2D eigenvalue weighted by atomic mass is 10.3. The highest BCUT2D eigenvalue weighted by Gasteiger charge is 2.38. The standard InChI is InChI=1S/C19H35FOSi2/c1-8-22(9-2,10-3)17-14-16(21-7)15-18(19(17)20)23(11-4,12-5)13-6/h14-15H,8-13H2,1-7H3. The molecule has 132 valence electrons. The zero-order chi connectivity index (χ0) is 17.7. The predicted molar refractivity (Wildman–Crippen MR) is 107 cm³/mol. The molecular weight excluding hydrogens is 319 g/mol. The van der Waals surface area contributed by atoms with Crippen molar-refractivity contribution in [3.05, 3.63) is 17.9 Å². The van der Waals surface area contributed by atoms with Crippen LogP contribution in [0, 0.1) is 5.82 Å². The van der Waals surface area contributed by atoms with Crippen molar-refractivity contribution in [1.29, 1.82) is 0 Å². The highest BCUT2D eigenvalue weighted by Crippen LogP contribution is 2.27. The normalized spacial score (nSPS) is 12.5. The number of halogens is 1. The van der Waals surface area contributed by atoms with Crippen molar-refractivity contribution in [3.8, 4) is 5.75 Å². The van der Waals surface area contributed by atoms with Crippen LogP contribution in [0.3, 0.4) is 0 Å². The van der Waals surface area contributed by atoms with E-state index in [1.807, 2.05) is 12.1 Å². The molecule has 0 amide bonds. The quantitative estimate of drug-likeness (QED) is 0.549. The summed E-state index contributed by atoms with van der Waals surface area (Å²) < 4.78 is 21.3. The molecule has 23 heavy (non-hydrogen) atoms. The van der Waals surface area contributed by atoms with Gasteiger partial charge in [-0.2, -0.15) is 0 Å². The summed E-state index contributed by atoms with van der Waals surface area (Å²) in [5, 5.41) is 2.04. The molecule has 4 heteroatoms. The number of rotatable bonds is 9. The van der Waals surface area contributed by atoms with Gasteiger partial charge in [-0.1, -0.05) is 77.8 Å². The third-order valence-electron chi connectivity index (χ3n) is 6.49. The predicted octanol–water partition coefficient (Wildman–Crippen LogP) is 5.27. The summed E-state index contributed by atoms with van der Waals surface area (Å²) >= 11 is 0. The van der Waals surface area contributed by atoms with E-state index in [4.69, 9.17) is 4.74 Å². The van der Waals surface area contributed by atoms with Gasteiger partial charge < -0.3 is 4.74 Å². The lowest BCUT2D eigenvalue weighted by Gasteiger charge is -2.34. The molecule has 0 aliphatic heterocycles. The zero-order valence-corrected chi connectivity index (χ0v) is 18.2. The molecule has 1 nitrogen and oxygen atoms in total. The third-order valence-corrected chi connectivity index (χ3v) is 17.6. The minimum atomic E-state index is -1.77. The fraction of sp³-hybridized carbons (Fsp3) is 0.684. The van der Waals surface area contributed by atoms with Gasteiger partial charge in [0.15, 0.2) is 0 Å². The Kier molecular flexibility index (Phi) is 7.52. The second-order valence-electron chi connectivity index (χ2n) is 6.72. The molecule has 0 aliphatic carbocycles. The summed E-state index contributed by atoms with van der Waals surface area (Å²) in [4.78, 5) is 0. The van der Waals surface area contributed by atoms with Crippen molar-refractivity contribution >= 4 is 26.5 Å². The Morgan fingerprint density at radius 1 is 0.739 bits per heavy atom. The van der Waals surface area contributed by atoms with Gasteiger partial charge >= 0.3 is 0 Å². The highest BCUT2D eigenvalue weighted by molar-refractivity contribution is 6.94. The van der Waals surface area contributed by atoms with Crippen molar-refractivity contribution in [1.82, 2.24) is 0 Å². The molecule has 0 heterocycles. The molecule has 0 fully saturated rings. The van der Waals surface area contributed by atoms with Crippen molar-refractivity contribution < 1.29 is 9.13 Å². The van der Waals surface area contributed by atoms with E-state index in [0.717, 1.165) is 52.4 Å². The second-order valence-corrected chi connectivity index (χ2v) is 17.2.